The minimum absolute atomic E-state index is 0.0294. The lowest BCUT2D eigenvalue weighted by atomic mass is 10.1. The van der Waals surface area contributed by atoms with E-state index in [9.17, 15) is 26.7 Å². The van der Waals surface area contributed by atoms with Crippen LogP contribution in [0.4, 0.5) is 0 Å². The van der Waals surface area contributed by atoms with Crippen molar-refractivity contribution in [3.8, 4) is 5.75 Å². The summed E-state index contributed by atoms with van der Waals surface area (Å²) in [5, 5.41) is 18.7. The number of benzene rings is 2. The minimum Gasteiger partial charge on any atom is -0.507 e. The van der Waals surface area contributed by atoms with Crippen molar-refractivity contribution < 1.29 is 31.8 Å². The molecule has 1 saturated heterocycles. The fourth-order valence-electron chi connectivity index (χ4n) is 3.17. The van der Waals surface area contributed by atoms with E-state index >= 15 is 0 Å². The third-order valence-corrected chi connectivity index (χ3v) is 8.94. The third kappa shape index (κ3) is 4.06. The maximum Gasteiger partial charge on any atom is 0.339 e. The van der Waals surface area contributed by atoms with Crippen molar-refractivity contribution in [2.45, 2.75) is 23.6 Å². The van der Waals surface area contributed by atoms with Gasteiger partial charge in [-0.05, 0) is 55.3 Å². The van der Waals surface area contributed by atoms with Gasteiger partial charge in [-0.2, -0.15) is 8.61 Å². The summed E-state index contributed by atoms with van der Waals surface area (Å²) in [6.45, 7) is 3.50. The molecule has 0 aliphatic carbocycles. The van der Waals surface area contributed by atoms with E-state index in [1.807, 2.05) is 13.8 Å². The number of rotatable bonds is 5. The molecule has 0 atom stereocenters. The first kappa shape index (κ1) is 22.2. The Morgan fingerprint density at radius 3 is 1.73 bits per heavy atom. The van der Waals surface area contributed by atoms with E-state index in [1.54, 1.807) is 12.1 Å². The van der Waals surface area contributed by atoms with Crippen LogP contribution in [0.5, 0.6) is 5.75 Å². The van der Waals surface area contributed by atoms with Crippen molar-refractivity contribution in [1.82, 2.24) is 8.61 Å². The summed E-state index contributed by atoms with van der Waals surface area (Å²) in [7, 11) is -7.80. The molecule has 0 saturated carbocycles. The van der Waals surface area contributed by atoms with E-state index in [0.717, 1.165) is 33.6 Å². The molecule has 0 amide bonds. The van der Waals surface area contributed by atoms with Crippen LogP contribution in [0, 0.1) is 13.8 Å². The number of piperazine rings is 1. The summed E-state index contributed by atoms with van der Waals surface area (Å²) >= 11 is 0. The standard InChI is InChI=1S/C19H22N2O7S2/c1-13-3-4-15(11-14(13)2)29(25,26)20-7-9-21(10-8-20)30(27,28)16-5-6-18(22)17(12-16)19(23)24/h3-6,11-12,22H,7-10H2,1-2H3,(H,23,24). The zero-order valence-electron chi connectivity index (χ0n) is 16.4. The van der Waals surface area contributed by atoms with Crippen molar-refractivity contribution in [2.24, 2.45) is 0 Å². The molecule has 1 fully saturated rings. The Hall–Kier alpha value is -2.47. The van der Waals surface area contributed by atoms with Crippen molar-refractivity contribution in [3.63, 3.8) is 0 Å². The summed E-state index contributed by atoms with van der Waals surface area (Å²) < 4.78 is 53.9. The smallest absolute Gasteiger partial charge is 0.339 e. The van der Waals surface area contributed by atoms with Crippen LogP contribution >= 0.6 is 0 Å². The van der Waals surface area contributed by atoms with Crippen LogP contribution in [0.15, 0.2) is 46.2 Å². The highest BCUT2D eigenvalue weighted by Gasteiger charge is 2.34. The predicted molar refractivity (Wildman–Crippen MR) is 108 cm³/mol. The molecular weight excluding hydrogens is 432 g/mol. The van der Waals surface area contributed by atoms with Gasteiger partial charge in [-0.1, -0.05) is 6.07 Å². The van der Waals surface area contributed by atoms with Gasteiger partial charge in [-0.15, -0.1) is 0 Å². The highest BCUT2D eigenvalue weighted by atomic mass is 32.2. The first-order valence-electron chi connectivity index (χ1n) is 9.08. The minimum atomic E-state index is -4.04. The maximum absolute atomic E-state index is 12.9. The summed E-state index contributed by atoms with van der Waals surface area (Å²) in [6, 6.07) is 7.88. The molecule has 30 heavy (non-hydrogen) atoms. The van der Waals surface area contributed by atoms with E-state index in [-0.39, 0.29) is 36.0 Å². The number of carbonyl (C=O) groups is 1. The number of sulfonamides is 2. The third-order valence-electron chi connectivity index (χ3n) is 5.15. The first-order valence-corrected chi connectivity index (χ1v) is 12.0. The lowest BCUT2D eigenvalue weighted by molar-refractivity contribution is 0.0693. The van der Waals surface area contributed by atoms with E-state index in [1.165, 1.54) is 10.4 Å². The van der Waals surface area contributed by atoms with Crippen molar-refractivity contribution in [1.29, 1.82) is 0 Å². The van der Waals surface area contributed by atoms with Gasteiger partial charge in [0.15, 0.2) is 0 Å². The van der Waals surface area contributed by atoms with E-state index in [0.29, 0.717) is 0 Å². The van der Waals surface area contributed by atoms with Gasteiger partial charge >= 0.3 is 5.97 Å². The number of aromatic carboxylic acids is 1. The van der Waals surface area contributed by atoms with Gasteiger partial charge in [0.25, 0.3) is 0 Å². The number of hydrogen-bond donors (Lipinski definition) is 2. The quantitative estimate of drug-likeness (QED) is 0.698. The molecule has 1 aliphatic heterocycles. The molecule has 1 aliphatic rings. The number of aryl methyl sites for hydroxylation is 2. The molecule has 2 aromatic carbocycles. The molecule has 3 rings (SSSR count). The highest BCUT2D eigenvalue weighted by Crippen LogP contribution is 2.26. The monoisotopic (exact) mass is 454 g/mol. The number of phenols is 1. The molecular formula is C19H22N2O7S2. The topological polar surface area (TPSA) is 132 Å². The van der Waals surface area contributed by atoms with Gasteiger partial charge in [0.2, 0.25) is 20.0 Å². The number of aromatic hydroxyl groups is 1. The lowest BCUT2D eigenvalue weighted by Gasteiger charge is -2.33. The second-order valence-corrected chi connectivity index (χ2v) is 10.9. The van der Waals surface area contributed by atoms with E-state index in [2.05, 4.69) is 0 Å². The molecule has 9 nitrogen and oxygen atoms in total. The molecule has 2 aromatic rings. The second-order valence-electron chi connectivity index (χ2n) is 7.04. The number of carboxylic acid groups (broad SMARTS) is 1. The Kier molecular flexibility index (Phi) is 5.92. The van der Waals surface area contributed by atoms with Crippen LogP contribution in [0.1, 0.15) is 21.5 Å². The summed E-state index contributed by atoms with van der Waals surface area (Å²) in [6.07, 6.45) is 0. The van der Waals surface area contributed by atoms with Gasteiger partial charge in [0, 0.05) is 26.2 Å². The zero-order chi connectivity index (χ0) is 22.3. The van der Waals surface area contributed by atoms with Crippen LogP contribution in [-0.2, 0) is 20.0 Å². The first-order chi connectivity index (χ1) is 13.9. The summed E-state index contributed by atoms with van der Waals surface area (Å²) in [4.78, 5) is 11.1. The number of hydrogen-bond acceptors (Lipinski definition) is 6. The molecule has 0 radical (unpaired) electrons. The van der Waals surface area contributed by atoms with Crippen molar-refractivity contribution in [2.75, 3.05) is 26.2 Å². The fourth-order valence-corrected chi connectivity index (χ4v) is 6.13. The maximum atomic E-state index is 12.9. The number of carboxylic acids is 1. The summed E-state index contributed by atoms with van der Waals surface area (Å²) in [5.41, 5.74) is 1.30. The van der Waals surface area contributed by atoms with Gasteiger partial charge in [-0.25, -0.2) is 21.6 Å². The Morgan fingerprint density at radius 2 is 1.27 bits per heavy atom. The van der Waals surface area contributed by atoms with Gasteiger partial charge in [0.1, 0.15) is 11.3 Å². The molecule has 0 unspecified atom stereocenters. The average molecular weight is 455 g/mol. The zero-order valence-corrected chi connectivity index (χ0v) is 18.1. The number of nitrogens with zero attached hydrogens (tertiary/aromatic N) is 2. The van der Waals surface area contributed by atoms with Gasteiger partial charge < -0.3 is 10.2 Å². The fraction of sp³-hybridized carbons (Fsp3) is 0.316. The van der Waals surface area contributed by atoms with Crippen LogP contribution in [0.3, 0.4) is 0 Å². The van der Waals surface area contributed by atoms with Crippen molar-refractivity contribution >= 4 is 26.0 Å². The lowest BCUT2D eigenvalue weighted by Crippen LogP contribution is -2.50. The Bertz CT molecular complexity index is 1200. The largest absolute Gasteiger partial charge is 0.507 e. The second kappa shape index (κ2) is 7.99. The van der Waals surface area contributed by atoms with E-state index < -0.39 is 37.3 Å². The highest BCUT2D eigenvalue weighted by molar-refractivity contribution is 7.89. The molecule has 0 aromatic heterocycles. The van der Waals surface area contributed by atoms with Crippen LogP contribution < -0.4 is 0 Å². The van der Waals surface area contributed by atoms with Crippen molar-refractivity contribution in [3.05, 3.63) is 53.1 Å². The molecule has 1 heterocycles. The molecule has 11 heteroatoms. The Morgan fingerprint density at radius 1 is 0.800 bits per heavy atom. The average Bonchev–Trinajstić information content (AvgIpc) is 2.70. The normalized spacial score (nSPS) is 16.5. The predicted octanol–water partition coefficient (Wildman–Crippen LogP) is 1.40. The van der Waals surface area contributed by atoms with Crippen LogP contribution in [0.25, 0.3) is 0 Å². The SMILES string of the molecule is Cc1ccc(S(=O)(=O)N2CCN(S(=O)(=O)c3ccc(O)c(C(=O)O)c3)CC2)cc1C. The molecule has 162 valence electrons. The van der Waals surface area contributed by atoms with Crippen LogP contribution in [-0.4, -0.2) is 67.8 Å². The van der Waals surface area contributed by atoms with Gasteiger partial charge in [-0.3, -0.25) is 0 Å². The van der Waals surface area contributed by atoms with Crippen LogP contribution in [0.2, 0.25) is 0 Å². The Labute approximate surface area is 175 Å². The Balaban J connectivity index is 1.80. The summed E-state index contributed by atoms with van der Waals surface area (Å²) in [5.74, 6) is -1.99. The van der Waals surface area contributed by atoms with Gasteiger partial charge in [0.05, 0.1) is 9.79 Å². The molecule has 2 N–H and O–H groups in total. The molecule has 0 spiro atoms. The van der Waals surface area contributed by atoms with E-state index in [4.69, 9.17) is 5.11 Å². The molecule has 0 bridgehead atoms.